The summed E-state index contributed by atoms with van der Waals surface area (Å²) in [5.74, 6) is 0. The largest absolute Gasteiger partial charge is 0.309 e. The van der Waals surface area contributed by atoms with Gasteiger partial charge in [0.25, 0.3) is 0 Å². The molecule has 4 nitrogen and oxygen atoms in total. The number of rotatable bonds is 20. The van der Waals surface area contributed by atoms with Crippen LogP contribution in [-0.2, 0) is 10.8 Å². The van der Waals surface area contributed by atoms with Crippen molar-refractivity contribution in [2.75, 3.05) is 0 Å². The number of benzene rings is 24. The van der Waals surface area contributed by atoms with Crippen molar-refractivity contribution in [3.8, 4) is 112 Å². The Kier molecular flexibility index (Phi) is 22.8. The smallest absolute Gasteiger partial charge is 0.0701 e. The molecule has 0 amide bonds. The van der Waals surface area contributed by atoms with Gasteiger partial charge in [-0.25, -0.2) is 0 Å². The second kappa shape index (κ2) is 38.2. The number of para-hydroxylation sites is 4. The van der Waals surface area contributed by atoms with E-state index in [1.54, 1.807) is 0 Å². The lowest BCUT2D eigenvalue weighted by atomic mass is 9.65. The lowest BCUT2D eigenvalue weighted by Crippen LogP contribution is -2.31. The molecule has 704 valence electrons. The van der Waals surface area contributed by atoms with Crippen LogP contribution in [0.15, 0.2) is 607 Å². The summed E-state index contributed by atoms with van der Waals surface area (Å²) in [6.45, 7) is 0. The minimum Gasteiger partial charge on any atom is -0.309 e. The minimum absolute atomic E-state index is 0.531. The van der Waals surface area contributed by atoms with Crippen LogP contribution in [0.25, 0.3) is 199 Å². The molecule has 0 saturated carbocycles. The first-order chi connectivity index (χ1) is 74.4. The molecular formula is C146H100N4. The highest BCUT2D eigenvalue weighted by atomic mass is 15.0. The fourth-order valence-electron chi connectivity index (χ4n) is 24.0. The van der Waals surface area contributed by atoms with E-state index >= 15 is 0 Å². The lowest BCUT2D eigenvalue weighted by Gasteiger charge is -2.37. The Balaban J connectivity index is 0.000000148. The molecule has 28 rings (SSSR count). The molecular weight excluding hydrogens is 1810 g/mol. The van der Waals surface area contributed by atoms with Gasteiger partial charge in [0, 0.05) is 65.8 Å². The van der Waals surface area contributed by atoms with Crippen molar-refractivity contribution in [3.63, 3.8) is 0 Å². The van der Waals surface area contributed by atoms with Gasteiger partial charge in [0.05, 0.1) is 55.0 Å². The summed E-state index contributed by atoms with van der Waals surface area (Å²) in [6.07, 6.45) is 0. The molecule has 0 fully saturated rings. The van der Waals surface area contributed by atoms with Crippen molar-refractivity contribution in [1.82, 2.24) is 18.3 Å². The van der Waals surface area contributed by atoms with Gasteiger partial charge in [-0.1, -0.05) is 473 Å². The molecule has 0 unspecified atom stereocenters. The van der Waals surface area contributed by atoms with E-state index in [1.807, 2.05) is 0 Å². The van der Waals surface area contributed by atoms with Gasteiger partial charge in [0.2, 0.25) is 0 Å². The maximum Gasteiger partial charge on any atom is 0.0701 e. The quantitative estimate of drug-likeness (QED) is 0.0678. The van der Waals surface area contributed by atoms with E-state index in [2.05, 4.69) is 625 Å². The van der Waals surface area contributed by atoms with E-state index < -0.39 is 10.8 Å². The summed E-state index contributed by atoms with van der Waals surface area (Å²) < 4.78 is 9.66. The fourth-order valence-corrected chi connectivity index (χ4v) is 24.0. The second-order valence-electron chi connectivity index (χ2n) is 39.3. The SMILES string of the molecule is c1ccc(-c2ccc(-n3c4ccccc4c4cc(-c5ccc(-c6ccc7c(c6)c6ccccc6n7-c6cccc(-c7cccc(C(c8ccccc8)(c8ccccc8)c8ccccc8)c7)c6)cc5)ccc43)cc2)cc1.c1ccc(-c2cccc(-n3c4ccccc4c4cc(-c5ccc(-c6ccc7c(c6)c6ccccc6n7-c6cccc(-c7cccc(C(c8ccccc8)(c8ccccc8)c8ccccc8)c7)c6)cc5)ccc43)c2)cc1. The third-order valence-corrected chi connectivity index (χ3v) is 30.9. The number of fused-ring (bicyclic) bond motifs is 12. The van der Waals surface area contributed by atoms with Crippen LogP contribution in [0.4, 0.5) is 0 Å². The predicted octanol–water partition coefficient (Wildman–Crippen LogP) is 37.9. The standard InChI is InChI=1S/2C73H50N2/c1-5-20-51(21-6-1)55-23-18-32-63(47-55)74-69-36-15-13-34-65(69)67-49-57(42-44-71(67)74)52-38-40-53(41-39-52)58-43-45-72-68(50-58)66-35-14-16-37-70(66)75(72)64-33-19-24-56(48-64)54-22-17-31-62(46-54)73(59-25-7-2-8-26-59,60-27-9-3-10-28-60)61-29-11-4-12-30-61;1-5-19-51(20-6-1)52-39-43-63(44-40-52)74-69-33-15-13-31-65(69)67-49-57(41-45-71(67)74)53-35-37-54(38-36-53)58-42-46-72-68(50-58)66-32-14-16-34-70(66)75(72)64-30-18-22-56(48-64)55-21-17-29-62(47-55)73(59-23-7-2-8-24-59,60-25-9-3-10-26-60)61-27-11-4-12-28-61/h2*1-50H. The van der Waals surface area contributed by atoms with Gasteiger partial charge in [0.15, 0.2) is 0 Å². The first-order valence-electron chi connectivity index (χ1n) is 51.8. The summed E-state index contributed by atoms with van der Waals surface area (Å²) in [6, 6.07) is 222. The molecule has 4 heteroatoms. The van der Waals surface area contributed by atoms with E-state index in [0.29, 0.717) is 0 Å². The molecule has 0 spiro atoms. The zero-order valence-electron chi connectivity index (χ0n) is 82.5. The van der Waals surface area contributed by atoms with Crippen molar-refractivity contribution in [2.45, 2.75) is 10.8 Å². The maximum atomic E-state index is 2.43. The van der Waals surface area contributed by atoms with Crippen LogP contribution in [-0.4, -0.2) is 18.3 Å². The molecule has 0 aliphatic heterocycles. The third-order valence-electron chi connectivity index (χ3n) is 30.9. The normalized spacial score (nSPS) is 11.7. The number of hydrogen-bond donors (Lipinski definition) is 0. The topological polar surface area (TPSA) is 19.7 Å². The molecule has 0 bridgehead atoms. The highest BCUT2D eigenvalue weighted by Crippen LogP contribution is 2.51. The zero-order valence-corrected chi connectivity index (χ0v) is 82.5. The molecule has 28 aromatic rings. The molecule has 0 atom stereocenters. The van der Waals surface area contributed by atoms with Crippen LogP contribution in [0.2, 0.25) is 0 Å². The molecule has 24 aromatic carbocycles. The van der Waals surface area contributed by atoms with E-state index in [1.165, 1.54) is 221 Å². The summed E-state index contributed by atoms with van der Waals surface area (Å²) in [4.78, 5) is 0. The summed E-state index contributed by atoms with van der Waals surface area (Å²) in [5, 5.41) is 9.91. The summed E-state index contributed by atoms with van der Waals surface area (Å²) in [7, 11) is 0. The Hall–Kier alpha value is -19.5. The molecule has 4 aromatic heterocycles. The van der Waals surface area contributed by atoms with E-state index in [0.717, 1.165) is 22.7 Å². The van der Waals surface area contributed by atoms with Crippen LogP contribution in [0.1, 0.15) is 44.5 Å². The van der Waals surface area contributed by atoms with Crippen LogP contribution in [0, 0.1) is 0 Å². The van der Waals surface area contributed by atoms with Crippen LogP contribution in [0.5, 0.6) is 0 Å². The molecule has 0 radical (unpaired) electrons. The van der Waals surface area contributed by atoms with Gasteiger partial charge in [-0.05, 0) is 267 Å². The molecule has 0 aliphatic rings. The van der Waals surface area contributed by atoms with Gasteiger partial charge >= 0.3 is 0 Å². The van der Waals surface area contributed by atoms with Crippen LogP contribution >= 0.6 is 0 Å². The third kappa shape index (κ3) is 15.7. The van der Waals surface area contributed by atoms with E-state index in [9.17, 15) is 0 Å². The first kappa shape index (κ1) is 89.3. The van der Waals surface area contributed by atoms with Crippen molar-refractivity contribution < 1.29 is 0 Å². The Bertz CT molecular complexity index is 9680. The molecule has 150 heavy (non-hydrogen) atoms. The average molecular weight is 1910 g/mol. The van der Waals surface area contributed by atoms with Crippen molar-refractivity contribution in [2.24, 2.45) is 0 Å². The van der Waals surface area contributed by atoms with Crippen molar-refractivity contribution >= 4 is 87.2 Å². The lowest BCUT2D eigenvalue weighted by molar-refractivity contribution is 0.745. The predicted molar refractivity (Wildman–Crippen MR) is 630 cm³/mol. The Morgan fingerprint density at radius 1 is 0.0933 bits per heavy atom. The van der Waals surface area contributed by atoms with Crippen LogP contribution < -0.4 is 0 Å². The minimum atomic E-state index is -0.531. The van der Waals surface area contributed by atoms with Gasteiger partial charge in [-0.3, -0.25) is 0 Å². The molecule has 0 N–H and O–H groups in total. The highest BCUT2D eigenvalue weighted by Gasteiger charge is 2.41. The van der Waals surface area contributed by atoms with E-state index in [-0.39, 0.29) is 0 Å². The number of hydrogen-bond acceptors (Lipinski definition) is 0. The molecule has 0 aliphatic carbocycles. The van der Waals surface area contributed by atoms with E-state index in [4.69, 9.17) is 0 Å². The maximum absolute atomic E-state index is 2.43. The Labute approximate surface area is 872 Å². The van der Waals surface area contributed by atoms with Gasteiger partial charge in [0.1, 0.15) is 0 Å². The Morgan fingerprint density at radius 3 is 0.533 bits per heavy atom. The number of nitrogens with zero attached hydrogens (tertiary/aromatic N) is 4. The zero-order chi connectivity index (χ0) is 99.4. The first-order valence-corrected chi connectivity index (χ1v) is 51.8. The summed E-state index contributed by atoms with van der Waals surface area (Å²) >= 11 is 0. The fraction of sp³-hybridized carbons (Fsp3) is 0.0137. The van der Waals surface area contributed by atoms with Gasteiger partial charge in [-0.2, -0.15) is 0 Å². The van der Waals surface area contributed by atoms with Gasteiger partial charge in [-0.15, -0.1) is 0 Å². The Morgan fingerprint density at radius 2 is 0.260 bits per heavy atom. The average Bonchev–Trinajstić information content (AvgIpc) is 1.62. The van der Waals surface area contributed by atoms with Crippen LogP contribution in [0.3, 0.4) is 0 Å². The van der Waals surface area contributed by atoms with Gasteiger partial charge < -0.3 is 18.3 Å². The van der Waals surface area contributed by atoms with Crippen molar-refractivity contribution in [1.29, 1.82) is 0 Å². The monoisotopic (exact) mass is 1910 g/mol. The highest BCUT2D eigenvalue weighted by molar-refractivity contribution is 6.15. The number of aromatic nitrogens is 4. The summed E-state index contributed by atoms with van der Waals surface area (Å²) in [5.41, 5.74) is 41.9. The van der Waals surface area contributed by atoms with Crippen molar-refractivity contribution in [3.05, 3.63) is 651 Å². The molecule has 4 heterocycles. The second-order valence-corrected chi connectivity index (χ2v) is 39.3. The molecule has 0 saturated heterocycles.